The fourth-order valence-corrected chi connectivity index (χ4v) is 3.93. The number of aliphatic hydroxyl groups is 1. The zero-order chi connectivity index (χ0) is 13.9. The Hall–Kier alpha value is -1.22. The number of aromatic nitrogens is 2. The van der Waals surface area contributed by atoms with Gasteiger partial charge in [0.05, 0.1) is 12.2 Å². The van der Waals surface area contributed by atoms with Crippen LogP contribution in [0, 0.1) is 0 Å². The molecule has 2 N–H and O–H groups in total. The van der Waals surface area contributed by atoms with Crippen molar-refractivity contribution in [3.63, 3.8) is 0 Å². The maximum absolute atomic E-state index is 12.0. The van der Waals surface area contributed by atoms with Gasteiger partial charge < -0.3 is 5.11 Å². The molecule has 0 radical (unpaired) electrons. The van der Waals surface area contributed by atoms with Crippen molar-refractivity contribution in [2.45, 2.75) is 17.2 Å². The molecular weight excluding hydrogens is 286 g/mol. The first-order valence-electron chi connectivity index (χ1n) is 5.69. The summed E-state index contributed by atoms with van der Waals surface area (Å²) in [5, 5.41) is 12.9. The Kier molecular flexibility index (Phi) is 4.35. The summed E-state index contributed by atoms with van der Waals surface area (Å²) < 4.78 is 28.4. The number of aliphatic hydroxyl groups excluding tert-OH is 1. The largest absolute Gasteiger partial charge is 0.396 e. The number of nitrogens with zero attached hydrogens (tertiary/aromatic N) is 2. The van der Waals surface area contributed by atoms with Gasteiger partial charge in [-0.25, -0.2) is 13.1 Å². The van der Waals surface area contributed by atoms with E-state index in [1.165, 1.54) is 11.3 Å². The third kappa shape index (κ3) is 3.63. The summed E-state index contributed by atoms with van der Waals surface area (Å²) >= 11 is 1.17. The van der Waals surface area contributed by atoms with Crippen molar-refractivity contribution in [3.8, 4) is 0 Å². The van der Waals surface area contributed by atoms with Gasteiger partial charge in [-0.15, -0.1) is 11.3 Å². The van der Waals surface area contributed by atoms with Gasteiger partial charge in [0.1, 0.15) is 4.21 Å². The number of aryl methyl sites for hydroxylation is 1. The third-order valence-corrected chi connectivity index (χ3v) is 5.51. The number of thiophene rings is 1. The van der Waals surface area contributed by atoms with Crippen molar-refractivity contribution >= 4 is 21.4 Å². The molecule has 0 spiro atoms. The maximum Gasteiger partial charge on any atom is 0.250 e. The van der Waals surface area contributed by atoms with Crippen LogP contribution in [-0.4, -0.2) is 29.9 Å². The van der Waals surface area contributed by atoms with Crippen LogP contribution in [0.25, 0.3) is 0 Å². The minimum absolute atomic E-state index is 0.0152. The van der Waals surface area contributed by atoms with Gasteiger partial charge in [-0.05, 0) is 18.2 Å². The molecule has 2 rings (SSSR count). The molecule has 0 amide bonds. The predicted octanol–water partition coefficient (Wildman–Crippen LogP) is 0.495. The van der Waals surface area contributed by atoms with Crippen molar-refractivity contribution in [3.05, 3.63) is 35.0 Å². The first kappa shape index (κ1) is 14.2. The molecule has 0 unspecified atom stereocenters. The molecule has 19 heavy (non-hydrogen) atoms. The van der Waals surface area contributed by atoms with E-state index < -0.39 is 10.0 Å². The smallest absolute Gasteiger partial charge is 0.250 e. The zero-order valence-corrected chi connectivity index (χ0v) is 12.0. The van der Waals surface area contributed by atoms with Crippen LogP contribution in [0.4, 0.5) is 0 Å². The van der Waals surface area contributed by atoms with E-state index in [1.807, 2.05) is 0 Å². The SMILES string of the molecule is Cn1ccc(CNS(=O)(=O)c2ccc(CCO)s2)n1. The van der Waals surface area contributed by atoms with Gasteiger partial charge in [0.15, 0.2) is 0 Å². The lowest BCUT2D eigenvalue weighted by atomic mass is 10.4. The summed E-state index contributed by atoms with van der Waals surface area (Å²) in [6, 6.07) is 5.03. The first-order chi connectivity index (χ1) is 9.01. The van der Waals surface area contributed by atoms with Crippen LogP contribution in [0.5, 0.6) is 0 Å². The molecule has 2 aromatic heterocycles. The van der Waals surface area contributed by atoms with Crippen molar-refractivity contribution in [2.75, 3.05) is 6.61 Å². The maximum atomic E-state index is 12.0. The Bertz CT molecular complexity index is 646. The summed E-state index contributed by atoms with van der Waals surface area (Å²) in [4.78, 5) is 0.848. The van der Waals surface area contributed by atoms with Gasteiger partial charge in [0.2, 0.25) is 10.0 Å². The van der Waals surface area contributed by atoms with Crippen molar-refractivity contribution in [2.24, 2.45) is 7.05 Å². The van der Waals surface area contributed by atoms with E-state index in [2.05, 4.69) is 9.82 Å². The second kappa shape index (κ2) is 5.83. The topological polar surface area (TPSA) is 84.2 Å². The zero-order valence-electron chi connectivity index (χ0n) is 10.4. The van der Waals surface area contributed by atoms with Crippen molar-refractivity contribution in [1.29, 1.82) is 0 Å². The lowest BCUT2D eigenvalue weighted by molar-refractivity contribution is 0.300. The van der Waals surface area contributed by atoms with Gasteiger partial charge >= 0.3 is 0 Å². The van der Waals surface area contributed by atoms with E-state index in [9.17, 15) is 8.42 Å². The average Bonchev–Trinajstić information content (AvgIpc) is 2.97. The fourth-order valence-electron chi connectivity index (χ4n) is 1.54. The van der Waals surface area contributed by atoms with E-state index in [0.717, 1.165) is 4.88 Å². The highest BCUT2D eigenvalue weighted by atomic mass is 32.2. The molecule has 0 aromatic carbocycles. The molecule has 0 aliphatic heterocycles. The molecule has 0 aliphatic carbocycles. The summed E-state index contributed by atoms with van der Waals surface area (Å²) in [6.07, 6.45) is 2.23. The highest BCUT2D eigenvalue weighted by Gasteiger charge is 2.16. The van der Waals surface area contributed by atoms with Crippen LogP contribution in [0.1, 0.15) is 10.6 Å². The van der Waals surface area contributed by atoms with E-state index in [0.29, 0.717) is 12.1 Å². The van der Waals surface area contributed by atoms with Crippen LogP contribution in [0.2, 0.25) is 0 Å². The molecule has 0 saturated heterocycles. The molecular formula is C11H15N3O3S2. The molecule has 0 aliphatic rings. The number of sulfonamides is 1. The van der Waals surface area contributed by atoms with Gasteiger partial charge in [-0.1, -0.05) is 0 Å². The predicted molar refractivity (Wildman–Crippen MR) is 72.3 cm³/mol. The van der Waals surface area contributed by atoms with E-state index >= 15 is 0 Å². The lowest BCUT2D eigenvalue weighted by Gasteiger charge is -2.02. The minimum Gasteiger partial charge on any atom is -0.396 e. The number of hydrogen-bond donors (Lipinski definition) is 2. The molecule has 104 valence electrons. The number of nitrogens with one attached hydrogen (secondary N) is 1. The number of rotatable bonds is 6. The Balaban J connectivity index is 2.04. The van der Waals surface area contributed by atoms with Crippen molar-refractivity contribution in [1.82, 2.24) is 14.5 Å². The Morgan fingerprint density at radius 1 is 1.42 bits per heavy atom. The molecule has 0 bridgehead atoms. The second-order valence-electron chi connectivity index (χ2n) is 4.00. The monoisotopic (exact) mass is 301 g/mol. The van der Waals surface area contributed by atoms with E-state index in [-0.39, 0.29) is 17.4 Å². The molecule has 6 nitrogen and oxygen atoms in total. The molecule has 2 heterocycles. The van der Waals surface area contributed by atoms with Crippen LogP contribution in [-0.2, 0) is 30.0 Å². The Morgan fingerprint density at radius 3 is 2.84 bits per heavy atom. The van der Waals surface area contributed by atoms with Gasteiger partial charge in [0.25, 0.3) is 0 Å². The molecule has 8 heteroatoms. The van der Waals surface area contributed by atoms with Crippen LogP contribution in [0.15, 0.2) is 28.6 Å². The van der Waals surface area contributed by atoms with Crippen molar-refractivity contribution < 1.29 is 13.5 Å². The minimum atomic E-state index is -3.51. The molecule has 2 aromatic rings. The molecule has 0 fully saturated rings. The van der Waals surface area contributed by atoms with Gasteiger partial charge in [0, 0.05) is 31.1 Å². The summed E-state index contributed by atoms with van der Waals surface area (Å²) in [5.41, 5.74) is 0.665. The second-order valence-corrected chi connectivity index (χ2v) is 7.16. The van der Waals surface area contributed by atoms with E-state index in [1.54, 1.807) is 36.1 Å². The van der Waals surface area contributed by atoms with Gasteiger partial charge in [-0.3, -0.25) is 4.68 Å². The summed E-state index contributed by atoms with van der Waals surface area (Å²) in [6.45, 7) is 0.178. The highest BCUT2D eigenvalue weighted by molar-refractivity contribution is 7.91. The van der Waals surface area contributed by atoms with Crippen LogP contribution >= 0.6 is 11.3 Å². The Morgan fingerprint density at radius 2 is 2.21 bits per heavy atom. The quantitative estimate of drug-likeness (QED) is 0.813. The van der Waals surface area contributed by atoms with Crippen LogP contribution < -0.4 is 4.72 Å². The summed E-state index contributed by atoms with van der Waals surface area (Å²) in [5.74, 6) is 0. The van der Waals surface area contributed by atoms with Gasteiger partial charge in [-0.2, -0.15) is 5.10 Å². The molecule has 0 atom stereocenters. The fraction of sp³-hybridized carbons (Fsp3) is 0.364. The third-order valence-electron chi connectivity index (χ3n) is 2.47. The normalized spacial score (nSPS) is 11.9. The standard InChI is InChI=1S/C11H15N3O3S2/c1-14-6-4-9(13-14)8-12-19(16,17)11-3-2-10(18-11)5-7-15/h2-4,6,12,15H,5,7-8H2,1H3. The first-order valence-corrected chi connectivity index (χ1v) is 7.99. The average molecular weight is 301 g/mol. The summed E-state index contributed by atoms with van der Waals surface area (Å²) in [7, 11) is -1.73. The number of hydrogen-bond acceptors (Lipinski definition) is 5. The van der Waals surface area contributed by atoms with E-state index in [4.69, 9.17) is 5.11 Å². The highest BCUT2D eigenvalue weighted by Crippen LogP contribution is 2.21. The van der Waals surface area contributed by atoms with Crippen LogP contribution in [0.3, 0.4) is 0 Å². The lowest BCUT2D eigenvalue weighted by Crippen LogP contribution is -2.22. The molecule has 0 saturated carbocycles. The Labute approximate surface area is 115 Å².